The van der Waals surface area contributed by atoms with Gasteiger partial charge in [-0.15, -0.1) is 0 Å². The van der Waals surface area contributed by atoms with Crippen LogP contribution >= 0.6 is 23.4 Å². The second-order valence-electron chi connectivity index (χ2n) is 4.31. The summed E-state index contributed by atoms with van der Waals surface area (Å²) in [5.41, 5.74) is 1.31. The first-order valence-corrected chi connectivity index (χ1v) is 7.41. The van der Waals surface area contributed by atoms with Crippen LogP contribution in [-0.2, 0) is 6.54 Å². The average molecular weight is 256 g/mol. The summed E-state index contributed by atoms with van der Waals surface area (Å²) < 4.78 is 0. The van der Waals surface area contributed by atoms with Crippen molar-refractivity contribution < 1.29 is 0 Å². The molecule has 0 aromatic heterocycles. The third-order valence-electron chi connectivity index (χ3n) is 3.02. The third kappa shape index (κ3) is 4.00. The van der Waals surface area contributed by atoms with Gasteiger partial charge in [0, 0.05) is 11.6 Å². The second kappa shape index (κ2) is 6.53. The number of benzene rings is 1. The second-order valence-corrected chi connectivity index (χ2v) is 5.97. The maximum atomic E-state index is 5.84. The van der Waals surface area contributed by atoms with Crippen LogP contribution in [0.2, 0.25) is 5.02 Å². The van der Waals surface area contributed by atoms with E-state index in [1.54, 1.807) is 0 Å². The zero-order valence-corrected chi connectivity index (χ0v) is 11.0. The van der Waals surface area contributed by atoms with Crippen molar-refractivity contribution in [3.8, 4) is 0 Å². The monoisotopic (exact) mass is 255 g/mol. The fourth-order valence-electron chi connectivity index (χ4n) is 1.97. The predicted octanol–water partition coefficient (Wildman–Crippen LogP) is 3.57. The summed E-state index contributed by atoms with van der Waals surface area (Å²) in [6.45, 7) is 2.12. The Bertz CT molecular complexity index is 306. The fourth-order valence-corrected chi connectivity index (χ4v) is 3.30. The predicted molar refractivity (Wildman–Crippen MR) is 73.2 cm³/mol. The van der Waals surface area contributed by atoms with Gasteiger partial charge < -0.3 is 5.32 Å². The molecule has 1 N–H and O–H groups in total. The smallest absolute Gasteiger partial charge is 0.0406 e. The molecule has 0 amide bonds. The standard InChI is InChI=1S/C13H18ClNS/c14-13-3-1-11(2-4-13)9-15-10-12-5-7-16-8-6-12/h1-4,12,15H,5-10H2. The summed E-state index contributed by atoms with van der Waals surface area (Å²) in [5, 5.41) is 4.35. The van der Waals surface area contributed by atoms with Gasteiger partial charge in [0.1, 0.15) is 0 Å². The zero-order chi connectivity index (χ0) is 11.2. The van der Waals surface area contributed by atoms with E-state index in [-0.39, 0.29) is 0 Å². The van der Waals surface area contributed by atoms with Crippen LogP contribution in [0.5, 0.6) is 0 Å². The molecule has 0 atom stereocenters. The molecule has 1 aromatic rings. The van der Waals surface area contributed by atoms with Crippen molar-refractivity contribution in [3.05, 3.63) is 34.9 Å². The lowest BCUT2D eigenvalue weighted by Crippen LogP contribution is -2.25. The van der Waals surface area contributed by atoms with Crippen molar-refractivity contribution in [3.63, 3.8) is 0 Å². The van der Waals surface area contributed by atoms with Gasteiger partial charge in [-0.3, -0.25) is 0 Å². The van der Waals surface area contributed by atoms with E-state index in [4.69, 9.17) is 11.6 Å². The summed E-state index contributed by atoms with van der Waals surface area (Å²) in [6.07, 6.45) is 2.75. The lowest BCUT2D eigenvalue weighted by Gasteiger charge is -2.21. The van der Waals surface area contributed by atoms with Crippen LogP contribution in [0.15, 0.2) is 24.3 Å². The van der Waals surface area contributed by atoms with E-state index in [9.17, 15) is 0 Å². The molecule has 2 rings (SSSR count). The molecule has 0 spiro atoms. The summed E-state index contributed by atoms with van der Waals surface area (Å²) in [4.78, 5) is 0. The molecule has 1 aromatic carbocycles. The highest BCUT2D eigenvalue weighted by atomic mass is 35.5. The van der Waals surface area contributed by atoms with E-state index in [0.29, 0.717) is 0 Å². The molecule has 0 radical (unpaired) electrons. The third-order valence-corrected chi connectivity index (χ3v) is 4.32. The van der Waals surface area contributed by atoms with Gasteiger partial charge in [-0.2, -0.15) is 11.8 Å². The summed E-state index contributed by atoms with van der Waals surface area (Å²) >= 11 is 7.93. The lowest BCUT2D eigenvalue weighted by atomic mass is 10.0. The van der Waals surface area contributed by atoms with Crippen LogP contribution in [0.4, 0.5) is 0 Å². The van der Waals surface area contributed by atoms with Crippen LogP contribution in [0.1, 0.15) is 18.4 Å². The van der Waals surface area contributed by atoms with Crippen molar-refractivity contribution in [1.82, 2.24) is 5.32 Å². The SMILES string of the molecule is Clc1ccc(CNCC2CCSCC2)cc1. The van der Waals surface area contributed by atoms with E-state index in [1.165, 1.54) is 29.9 Å². The van der Waals surface area contributed by atoms with Crippen LogP contribution in [0.25, 0.3) is 0 Å². The Morgan fingerprint density at radius 3 is 2.56 bits per heavy atom. The van der Waals surface area contributed by atoms with Crippen molar-refractivity contribution in [2.75, 3.05) is 18.1 Å². The highest BCUT2D eigenvalue weighted by Crippen LogP contribution is 2.21. The molecule has 1 aliphatic rings. The van der Waals surface area contributed by atoms with Gasteiger partial charge >= 0.3 is 0 Å². The van der Waals surface area contributed by atoms with Gasteiger partial charge in [0.15, 0.2) is 0 Å². The molecular formula is C13H18ClNS. The molecule has 0 saturated carbocycles. The largest absolute Gasteiger partial charge is 0.312 e. The molecule has 1 heterocycles. The molecule has 3 heteroatoms. The Labute approximate surface area is 107 Å². The molecule has 1 aliphatic heterocycles. The van der Waals surface area contributed by atoms with Crippen LogP contribution in [0.3, 0.4) is 0 Å². The van der Waals surface area contributed by atoms with Gasteiger partial charge in [-0.05, 0) is 54.5 Å². The first kappa shape index (κ1) is 12.3. The molecule has 0 aliphatic carbocycles. The zero-order valence-electron chi connectivity index (χ0n) is 9.42. The molecule has 1 fully saturated rings. The Morgan fingerprint density at radius 1 is 1.19 bits per heavy atom. The Morgan fingerprint density at radius 2 is 1.88 bits per heavy atom. The van der Waals surface area contributed by atoms with Crippen LogP contribution in [0, 0.1) is 5.92 Å². The average Bonchev–Trinajstić information content (AvgIpc) is 2.33. The van der Waals surface area contributed by atoms with Gasteiger partial charge in [0.05, 0.1) is 0 Å². The minimum atomic E-state index is 0.813. The van der Waals surface area contributed by atoms with Gasteiger partial charge in [-0.1, -0.05) is 23.7 Å². The number of thioether (sulfide) groups is 1. The molecule has 1 nitrogen and oxygen atoms in total. The summed E-state index contributed by atoms with van der Waals surface area (Å²) in [5.74, 6) is 3.56. The van der Waals surface area contributed by atoms with Crippen molar-refractivity contribution in [1.29, 1.82) is 0 Å². The minimum Gasteiger partial charge on any atom is -0.312 e. The molecule has 1 saturated heterocycles. The number of rotatable bonds is 4. The Kier molecular flexibility index (Phi) is 5.01. The highest BCUT2D eigenvalue weighted by Gasteiger charge is 2.12. The first-order valence-electron chi connectivity index (χ1n) is 5.87. The number of hydrogen-bond acceptors (Lipinski definition) is 2. The lowest BCUT2D eigenvalue weighted by molar-refractivity contribution is 0.448. The molecular weight excluding hydrogens is 238 g/mol. The van der Waals surface area contributed by atoms with Crippen molar-refractivity contribution in [2.24, 2.45) is 5.92 Å². The molecule has 88 valence electrons. The van der Waals surface area contributed by atoms with E-state index in [2.05, 4.69) is 29.2 Å². The molecule has 16 heavy (non-hydrogen) atoms. The van der Waals surface area contributed by atoms with E-state index < -0.39 is 0 Å². The van der Waals surface area contributed by atoms with Gasteiger partial charge in [-0.25, -0.2) is 0 Å². The topological polar surface area (TPSA) is 12.0 Å². The van der Waals surface area contributed by atoms with Crippen molar-refractivity contribution >= 4 is 23.4 Å². The number of halogens is 1. The summed E-state index contributed by atoms with van der Waals surface area (Å²) in [6, 6.07) is 8.09. The normalized spacial score (nSPS) is 17.6. The van der Waals surface area contributed by atoms with E-state index >= 15 is 0 Å². The van der Waals surface area contributed by atoms with E-state index in [1.807, 2.05) is 12.1 Å². The van der Waals surface area contributed by atoms with Crippen LogP contribution < -0.4 is 5.32 Å². The quantitative estimate of drug-likeness (QED) is 0.883. The minimum absolute atomic E-state index is 0.813. The molecule has 0 unspecified atom stereocenters. The van der Waals surface area contributed by atoms with Gasteiger partial charge in [0.25, 0.3) is 0 Å². The highest BCUT2D eigenvalue weighted by molar-refractivity contribution is 7.99. The maximum absolute atomic E-state index is 5.84. The fraction of sp³-hybridized carbons (Fsp3) is 0.538. The van der Waals surface area contributed by atoms with Gasteiger partial charge in [0.2, 0.25) is 0 Å². The Hall–Kier alpha value is -0.180. The van der Waals surface area contributed by atoms with Crippen molar-refractivity contribution in [2.45, 2.75) is 19.4 Å². The Balaban J connectivity index is 1.69. The molecule has 0 bridgehead atoms. The van der Waals surface area contributed by atoms with E-state index in [0.717, 1.165) is 24.0 Å². The number of nitrogens with one attached hydrogen (secondary N) is 1. The first-order chi connectivity index (χ1) is 7.84. The summed E-state index contributed by atoms with van der Waals surface area (Å²) in [7, 11) is 0. The number of hydrogen-bond donors (Lipinski definition) is 1. The maximum Gasteiger partial charge on any atom is 0.0406 e. The van der Waals surface area contributed by atoms with Crippen LogP contribution in [-0.4, -0.2) is 18.1 Å².